The lowest BCUT2D eigenvalue weighted by molar-refractivity contribution is 0.330. The lowest BCUT2D eigenvalue weighted by Gasteiger charge is -2.23. The molecule has 0 unspecified atom stereocenters. The Hall–Kier alpha value is -1.21. The summed E-state index contributed by atoms with van der Waals surface area (Å²) in [6.07, 6.45) is 0. The number of benzene rings is 1. The van der Waals surface area contributed by atoms with E-state index in [-0.39, 0.29) is 0 Å². The van der Waals surface area contributed by atoms with Crippen LogP contribution >= 0.6 is 11.3 Å². The van der Waals surface area contributed by atoms with Gasteiger partial charge in [-0.05, 0) is 38.7 Å². The predicted octanol–water partition coefficient (Wildman–Crippen LogP) is 2.81. The van der Waals surface area contributed by atoms with Crippen LogP contribution in [0.15, 0.2) is 46.7 Å². The summed E-state index contributed by atoms with van der Waals surface area (Å²) < 4.78 is 27.7. The highest BCUT2D eigenvalue weighted by Crippen LogP contribution is 2.25. The van der Waals surface area contributed by atoms with E-state index in [1.54, 1.807) is 10.4 Å². The second-order valence-electron chi connectivity index (χ2n) is 5.49. The molecule has 22 heavy (non-hydrogen) atoms. The molecule has 0 amide bonds. The summed E-state index contributed by atoms with van der Waals surface area (Å²) in [6.45, 7) is 3.48. The maximum Gasteiger partial charge on any atom is 0.252 e. The molecule has 2 rings (SSSR count). The van der Waals surface area contributed by atoms with E-state index in [0.29, 0.717) is 23.8 Å². The fraction of sp³-hybridized carbons (Fsp3) is 0.375. The van der Waals surface area contributed by atoms with E-state index in [9.17, 15) is 8.42 Å². The third kappa shape index (κ3) is 4.39. The molecule has 0 bridgehead atoms. The molecular formula is C16H22N2O2S2. The first-order valence-electron chi connectivity index (χ1n) is 7.15. The molecule has 120 valence electrons. The third-order valence-electron chi connectivity index (χ3n) is 3.31. The van der Waals surface area contributed by atoms with Gasteiger partial charge in [-0.25, -0.2) is 8.42 Å². The van der Waals surface area contributed by atoms with Gasteiger partial charge in [-0.1, -0.05) is 30.3 Å². The molecule has 0 aliphatic heterocycles. The first-order valence-corrected chi connectivity index (χ1v) is 9.40. The second kappa shape index (κ2) is 7.37. The van der Waals surface area contributed by atoms with Gasteiger partial charge in [0.2, 0.25) is 0 Å². The van der Waals surface area contributed by atoms with Gasteiger partial charge in [0.1, 0.15) is 4.21 Å². The van der Waals surface area contributed by atoms with Crippen LogP contribution in [0.1, 0.15) is 10.4 Å². The van der Waals surface area contributed by atoms with E-state index >= 15 is 0 Å². The number of hydrogen-bond donors (Lipinski definition) is 0. The van der Waals surface area contributed by atoms with Crippen LogP contribution in [-0.2, 0) is 16.6 Å². The Labute approximate surface area is 137 Å². The van der Waals surface area contributed by atoms with Crippen LogP contribution in [0.4, 0.5) is 0 Å². The fourth-order valence-electron chi connectivity index (χ4n) is 2.06. The van der Waals surface area contributed by atoms with Gasteiger partial charge in [0, 0.05) is 24.5 Å². The Morgan fingerprint density at radius 1 is 1.00 bits per heavy atom. The molecular weight excluding hydrogens is 316 g/mol. The van der Waals surface area contributed by atoms with E-state index in [2.05, 4.69) is 0 Å². The summed E-state index contributed by atoms with van der Waals surface area (Å²) >= 11 is 1.32. The number of sulfonamides is 1. The Morgan fingerprint density at radius 2 is 1.68 bits per heavy atom. The lowest BCUT2D eigenvalue weighted by Crippen LogP contribution is -2.35. The van der Waals surface area contributed by atoms with Gasteiger partial charge in [0.05, 0.1) is 0 Å². The highest BCUT2D eigenvalue weighted by Gasteiger charge is 2.26. The molecule has 0 radical (unpaired) electrons. The van der Waals surface area contributed by atoms with Crippen LogP contribution in [0.5, 0.6) is 0 Å². The minimum absolute atomic E-state index is 0.397. The predicted molar refractivity (Wildman–Crippen MR) is 91.6 cm³/mol. The molecule has 0 aliphatic rings. The molecule has 0 saturated carbocycles. The van der Waals surface area contributed by atoms with Crippen LogP contribution < -0.4 is 0 Å². The van der Waals surface area contributed by atoms with Crippen molar-refractivity contribution in [3.05, 3.63) is 52.9 Å². The molecule has 1 aromatic carbocycles. The summed E-state index contributed by atoms with van der Waals surface area (Å²) in [7, 11) is 0.445. The number of likely N-dealkylation sites (N-methyl/N-ethyl adjacent to an activating group) is 1. The fourth-order valence-corrected chi connectivity index (χ4v) is 4.92. The normalized spacial score (nSPS) is 12.2. The molecule has 0 saturated heterocycles. The van der Waals surface area contributed by atoms with E-state index in [1.807, 2.05) is 62.3 Å². The zero-order valence-corrected chi connectivity index (χ0v) is 14.8. The van der Waals surface area contributed by atoms with Crippen LogP contribution in [0.25, 0.3) is 0 Å². The van der Waals surface area contributed by atoms with Gasteiger partial charge in [-0.15, -0.1) is 11.3 Å². The highest BCUT2D eigenvalue weighted by molar-refractivity contribution is 7.91. The van der Waals surface area contributed by atoms with E-state index in [0.717, 1.165) is 10.4 Å². The van der Waals surface area contributed by atoms with Crippen molar-refractivity contribution < 1.29 is 8.42 Å². The smallest absolute Gasteiger partial charge is 0.252 e. The molecule has 0 spiro atoms. The third-order valence-corrected chi connectivity index (χ3v) is 6.62. The average molecular weight is 338 g/mol. The van der Waals surface area contributed by atoms with Crippen molar-refractivity contribution in [2.75, 3.05) is 27.2 Å². The topological polar surface area (TPSA) is 40.6 Å². The van der Waals surface area contributed by atoms with Crippen molar-refractivity contribution in [2.45, 2.75) is 17.7 Å². The molecule has 0 atom stereocenters. The molecule has 1 heterocycles. The zero-order valence-electron chi connectivity index (χ0n) is 13.2. The van der Waals surface area contributed by atoms with Gasteiger partial charge in [0.25, 0.3) is 10.0 Å². The Bertz CT molecular complexity index is 694. The summed E-state index contributed by atoms with van der Waals surface area (Å²) in [4.78, 5) is 3.00. The zero-order chi connectivity index (χ0) is 16.2. The second-order valence-corrected chi connectivity index (χ2v) is 8.95. The van der Waals surface area contributed by atoms with E-state index in [4.69, 9.17) is 0 Å². The monoisotopic (exact) mass is 338 g/mol. The standard InChI is InChI=1S/C16H22N2O2S2/c1-14-9-10-16(21-14)22(19,20)18(12-11-17(2)3)13-15-7-5-4-6-8-15/h4-10H,11-13H2,1-3H3. The number of thiophene rings is 1. The maximum atomic E-state index is 12.9. The SMILES string of the molecule is Cc1ccc(S(=O)(=O)N(CCN(C)C)Cc2ccccc2)s1. The summed E-state index contributed by atoms with van der Waals surface area (Å²) in [5, 5.41) is 0. The Morgan fingerprint density at radius 3 is 2.23 bits per heavy atom. The van der Waals surface area contributed by atoms with Crippen LogP contribution in [0, 0.1) is 6.92 Å². The summed E-state index contributed by atoms with van der Waals surface area (Å²) in [6, 6.07) is 13.3. The van der Waals surface area contributed by atoms with Gasteiger partial charge < -0.3 is 4.90 Å². The maximum absolute atomic E-state index is 12.9. The lowest BCUT2D eigenvalue weighted by atomic mass is 10.2. The number of rotatable bonds is 7. The van der Waals surface area contributed by atoms with Gasteiger partial charge in [0.15, 0.2) is 0 Å². The first-order chi connectivity index (χ1) is 10.4. The van der Waals surface area contributed by atoms with Crippen molar-refractivity contribution in [3.63, 3.8) is 0 Å². The Kier molecular flexibility index (Phi) is 5.74. The van der Waals surface area contributed by atoms with Crippen molar-refractivity contribution in [2.24, 2.45) is 0 Å². The summed E-state index contributed by atoms with van der Waals surface area (Å²) in [5.74, 6) is 0. The molecule has 1 aromatic heterocycles. The van der Waals surface area contributed by atoms with Gasteiger partial charge >= 0.3 is 0 Å². The molecule has 2 aromatic rings. The van der Waals surface area contributed by atoms with Crippen molar-refractivity contribution in [1.29, 1.82) is 0 Å². The van der Waals surface area contributed by atoms with Crippen LogP contribution in [0.2, 0.25) is 0 Å². The largest absolute Gasteiger partial charge is 0.308 e. The molecule has 0 N–H and O–H groups in total. The van der Waals surface area contributed by atoms with Crippen molar-refractivity contribution in [1.82, 2.24) is 9.21 Å². The Balaban J connectivity index is 2.26. The molecule has 6 heteroatoms. The number of nitrogens with zero attached hydrogens (tertiary/aromatic N) is 2. The van der Waals surface area contributed by atoms with Crippen molar-refractivity contribution >= 4 is 21.4 Å². The van der Waals surface area contributed by atoms with Crippen LogP contribution in [-0.4, -0.2) is 44.8 Å². The molecule has 4 nitrogen and oxygen atoms in total. The van der Waals surface area contributed by atoms with E-state index in [1.165, 1.54) is 11.3 Å². The highest BCUT2D eigenvalue weighted by atomic mass is 32.2. The van der Waals surface area contributed by atoms with Gasteiger partial charge in [-0.3, -0.25) is 0 Å². The average Bonchev–Trinajstić information content (AvgIpc) is 2.91. The van der Waals surface area contributed by atoms with Crippen molar-refractivity contribution in [3.8, 4) is 0 Å². The minimum atomic E-state index is -3.45. The first kappa shape index (κ1) is 17.1. The summed E-state index contributed by atoms with van der Waals surface area (Å²) in [5.41, 5.74) is 0.998. The minimum Gasteiger partial charge on any atom is -0.308 e. The van der Waals surface area contributed by atoms with E-state index < -0.39 is 10.0 Å². The number of hydrogen-bond acceptors (Lipinski definition) is 4. The number of aryl methyl sites for hydroxylation is 1. The molecule has 0 fully saturated rings. The van der Waals surface area contributed by atoms with Gasteiger partial charge in [-0.2, -0.15) is 4.31 Å². The molecule has 0 aliphatic carbocycles. The quantitative estimate of drug-likeness (QED) is 0.779. The van der Waals surface area contributed by atoms with Crippen LogP contribution in [0.3, 0.4) is 0 Å².